The average molecular weight is 261 g/mol. The third-order valence-electron chi connectivity index (χ3n) is 2.66. The summed E-state index contributed by atoms with van der Waals surface area (Å²) in [5.74, 6) is 0.780. The van der Waals surface area contributed by atoms with Gasteiger partial charge in [0.2, 0.25) is 0 Å². The van der Waals surface area contributed by atoms with Crippen LogP contribution in [0.2, 0.25) is 0 Å². The van der Waals surface area contributed by atoms with Gasteiger partial charge in [0.15, 0.2) is 0 Å². The first kappa shape index (κ1) is 13.0. The van der Waals surface area contributed by atoms with Crippen LogP contribution in [0.15, 0.2) is 53.4 Å². The van der Waals surface area contributed by atoms with E-state index in [4.69, 9.17) is 5.73 Å². The van der Waals surface area contributed by atoms with E-state index >= 15 is 0 Å². The summed E-state index contributed by atoms with van der Waals surface area (Å²) in [6.45, 7) is 0. The number of hydrogen-bond donors (Lipinski definition) is 1. The number of halogens is 1. The molecule has 2 aromatic rings. The lowest BCUT2D eigenvalue weighted by molar-refractivity contribution is 0.602. The largest absolute Gasteiger partial charge is 0.399 e. The summed E-state index contributed by atoms with van der Waals surface area (Å²) in [6.07, 6.45) is 1.99. The standard InChI is InChI=1S/C15H16FNS/c16-14-8-1-2-9-15(14)18-10-4-6-12-5-3-7-13(17)11-12/h1-3,5,7-9,11H,4,6,10,17H2. The van der Waals surface area contributed by atoms with Gasteiger partial charge in [-0.3, -0.25) is 0 Å². The molecule has 0 aliphatic rings. The molecule has 0 saturated carbocycles. The van der Waals surface area contributed by atoms with Crippen LogP contribution in [0.4, 0.5) is 10.1 Å². The zero-order valence-electron chi connectivity index (χ0n) is 10.1. The van der Waals surface area contributed by atoms with Crippen LogP contribution in [-0.2, 0) is 6.42 Å². The number of aryl methyl sites for hydroxylation is 1. The second-order valence-corrected chi connectivity index (χ2v) is 5.26. The van der Waals surface area contributed by atoms with Gasteiger partial charge in [-0.25, -0.2) is 4.39 Å². The molecule has 2 rings (SSSR count). The number of nitrogens with two attached hydrogens (primary N) is 1. The Hall–Kier alpha value is -1.48. The van der Waals surface area contributed by atoms with Gasteiger partial charge in [-0.05, 0) is 48.4 Å². The van der Waals surface area contributed by atoms with Crippen LogP contribution in [0.1, 0.15) is 12.0 Å². The lowest BCUT2D eigenvalue weighted by Crippen LogP contribution is -1.91. The Morgan fingerprint density at radius 1 is 1.06 bits per heavy atom. The molecule has 0 fully saturated rings. The highest BCUT2D eigenvalue weighted by atomic mass is 32.2. The van der Waals surface area contributed by atoms with Crippen LogP contribution in [0, 0.1) is 5.82 Å². The fourth-order valence-corrected chi connectivity index (χ4v) is 2.66. The van der Waals surface area contributed by atoms with Gasteiger partial charge in [-0.2, -0.15) is 0 Å². The number of rotatable bonds is 5. The molecule has 2 aromatic carbocycles. The molecule has 18 heavy (non-hydrogen) atoms. The smallest absolute Gasteiger partial charge is 0.136 e. The molecule has 0 aromatic heterocycles. The maximum absolute atomic E-state index is 13.4. The van der Waals surface area contributed by atoms with Crippen LogP contribution in [0.25, 0.3) is 0 Å². The molecule has 0 aliphatic heterocycles. The van der Waals surface area contributed by atoms with Crippen molar-refractivity contribution in [2.24, 2.45) is 0 Å². The molecule has 0 amide bonds. The minimum Gasteiger partial charge on any atom is -0.399 e. The molecule has 0 spiro atoms. The second-order valence-electron chi connectivity index (χ2n) is 4.13. The lowest BCUT2D eigenvalue weighted by Gasteiger charge is -2.04. The van der Waals surface area contributed by atoms with Crippen molar-refractivity contribution in [3.05, 3.63) is 59.9 Å². The molecular formula is C15H16FNS. The Bertz CT molecular complexity index is 513. The lowest BCUT2D eigenvalue weighted by atomic mass is 10.1. The zero-order valence-corrected chi connectivity index (χ0v) is 10.9. The topological polar surface area (TPSA) is 26.0 Å². The summed E-state index contributed by atoms with van der Waals surface area (Å²) < 4.78 is 13.4. The third-order valence-corrected chi connectivity index (χ3v) is 3.79. The maximum Gasteiger partial charge on any atom is 0.136 e. The Morgan fingerprint density at radius 3 is 2.67 bits per heavy atom. The number of benzene rings is 2. The van der Waals surface area contributed by atoms with Crippen molar-refractivity contribution in [1.82, 2.24) is 0 Å². The van der Waals surface area contributed by atoms with E-state index < -0.39 is 0 Å². The molecule has 0 radical (unpaired) electrons. The molecule has 0 atom stereocenters. The normalized spacial score (nSPS) is 10.5. The van der Waals surface area contributed by atoms with Crippen molar-refractivity contribution >= 4 is 17.4 Å². The summed E-state index contributed by atoms with van der Waals surface area (Å²) in [6, 6.07) is 14.8. The minimum absolute atomic E-state index is 0.133. The van der Waals surface area contributed by atoms with E-state index in [-0.39, 0.29) is 5.82 Å². The first-order valence-corrected chi connectivity index (χ1v) is 6.96. The molecule has 2 N–H and O–H groups in total. The third kappa shape index (κ3) is 3.77. The Labute approximate surface area is 111 Å². The SMILES string of the molecule is Nc1cccc(CCCSc2ccccc2F)c1. The van der Waals surface area contributed by atoms with E-state index in [0.29, 0.717) is 0 Å². The van der Waals surface area contributed by atoms with Gasteiger partial charge in [0.05, 0.1) is 0 Å². The molecule has 0 aliphatic carbocycles. The van der Waals surface area contributed by atoms with Crippen molar-refractivity contribution in [3.63, 3.8) is 0 Å². The van der Waals surface area contributed by atoms with Crippen molar-refractivity contribution in [3.8, 4) is 0 Å². The summed E-state index contributed by atoms with van der Waals surface area (Å²) in [7, 11) is 0. The van der Waals surface area contributed by atoms with Crippen LogP contribution >= 0.6 is 11.8 Å². The van der Waals surface area contributed by atoms with E-state index in [1.54, 1.807) is 17.8 Å². The molecular weight excluding hydrogens is 245 g/mol. The van der Waals surface area contributed by atoms with Gasteiger partial charge in [-0.1, -0.05) is 24.3 Å². The summed E-state index contributed by atoms with van der Waals surface area (Å²) in [5, 5.41) is 0. The molecule has 94 valence electrons. The quantitative estimate of drug-likeness (QED) is 0.497. The van der Waals surface area contributed by atoms with E-state index in [9.17, 15) is 4.39 Å². The first-order chi connectivity index (χ1) is 8.75. The Kier molecular flexibility index (Phi) is 4.65. The minimum atomic E-state index is -0.133. The number of anilines is 1. The van der Waals surface area contributed by atoms with E-state index in [1.165, 1.54) is 11.6 Å². The van der Waals surface area contributed by atoms with Gasteiger partial charge in [-0.15, -0.1) is 11.8 Å². The fraction of sp³-hybridized carbons (Fsp3) is 0.200. The predicted molar refractivity (Wildman–Crippen MR) is 76.3 cm³/mol. The highest BCUT2D eigenvalue weighted by Gasteiger charge is 2.01. The Morgan fingerprint density at radius 2 is 1.89 bits per heavy atom. The van der Waals surface area contributed by atoms with Crippen LogP contribution < -0.4 is 5.73 Å². The van der Waals surface area contributed by atoms with E-state index in [0.717, 1.165) is 29.2 Å². The number of hydrogen-bond acceptors (Lipinski definition) is 2. The van der Waals surface area contributed by atoms with Gasteiger partial charge < -0.3 is 5.73 Å². The van der Waals surface area contributed by atoms with Gasteiger partial charge >= 0.3 is 0 Å². The molecule has 1 nitrogen and oxygen atoms in total. The summed E-state index contributed by atoms with van der Waals surface area (Å²) >= 11 is 1.56. The summed E-state index contributed by atoms with van der Waals surface area (Å²) in [5.41, 5.74) is 7.76. The number of thioether (sulfide) groups is 1. The molecule has 3 heteroatoms. The predicted octanol–water partition coefficient (Wildman–Crippen LogP) is 4.13. The van der Waals surface area contributed by atoms with E-state index in [2.05, 4.69) is 6.07 Å². The van der Waals surface area contributed by atoms with Gasteiger partial charge in [0.25, 0.3) is 0 Å². The summed E-state index contributed by atoms with van der Waals surface area (Å²) in [4.78, 5) is 0.727. The van der Waals surface area contributed by atoms with Gasteiger partial charge in [0, 0.05) is 10.6 Å². The zero-order chi connectivity index (χ0) is 12.8. The highest BCUT2D eigenvalue weighted by Crippen LogP contribution is 2.22. The molecule has 0 saturated heterocycles. The number of nitrogen functional groups attached to an aromatic ring is 1. The second kappa shape index (κ2) is 6.45. The molecule has 0 bridgehead atoms. The Balaban J connectivity index is 1.78. The van der Waals surface area contributed by atoms with Crippen LogP contribution in [0.5, 0.6) is 0 Å². The van der Waals surface area contributed by atoms with Crippen molar-refractivity contribution in [2.75, 3.05) is 11.5 Å². The van der Waals surface area contributed by atoms with Crippen molar-refractivity contribution in [2.45, 2.75) is 17.7 Å². The average Bonchev–Trinajstić information content (AvgIpc) is 2.37. The van der Waals surface area contributed by atoms with Crippen LogP contribution in [-0.4, -0.2) is 5.75 Å². The molecule has 0 unspecified atom stereocenters. The van der Waals surface area contributed by atoms with E-state index in [1.807, 2.05) is 30.3 Å². The first-order valence-electron chi connectivity index (χ1n) is 5.97. The van der Waals surface area contributed by atoms with Crippen molar-refractivity contribution < 1.29 is 4.39 Å². The maximum atomic E-state index is 13.4. The van der Waals surface area contributed by atoms with Gasteiger partial charge in [0.1, 0.15) is 5.82 Å². The highest BCUT2D eigenvalue weighted by molar-refractivity contribution is 7.99. The monoisotopic (exact) mass is 261 g/mol. The van der Waals surface area contributed by atoms with Crippen LogP contribution in [0.3, 0.4) is 0 Å². The fourth-order valence-electron chi connectivity index (χ4n) is 1.77. The molecule has 0 heterocycles. The van der Waals surface area contributed by atoms with Crippen molar-refractivity contribution in [1.29, 1.82) is 0 Å².